The van der Waals surface area contributed by atoms with E-state index in [0.717, 1.165) is 28.3 Å². The molecule has 0 aliphatic rings. The van der Waals surface area contributed by atoms with Crippen LogP contribution < -0.4 is 15.4 Å². The highest BCUT2D eigenvalue weighted by Gasteiger charge is 1.99. The predicted molar refractivity (Wildman–Crippen MR) is 95.8 cm³/mol. The molecular formula is C14H22BrClN2O2S. The van der Waals surface area contributed by atoms with Gasteiger partial charge in [-0.25, -0.2) is 0 Å². The van der Waals surface area contributed by atoms with Gasteiger partial charge in [-0.05, 0) is 25.2 Å². The van der Waals surface area contributed by atoms with E-state index < -0.39 is 0 Å². The third-order valence-corrected chi connectivity index (χ3v) is 3.90. The van der Waals surface area contributed by atoms with Crippen LogP contribution in [0.4, 0.5) is 0 Å². The molecule has 7 heteroatoms. The third-order valence-electron chi connectivity index (χ3n) is 2.46. The first-order valence-corrected chi connectivity index (χ1v) is 8.54. The number of carbonyl (C=O) groups excluding carboxylic acids is 1. The van der Waals surface area contributed by atoms with Crippen molar-refractivity contribution < 1.29 is 9.53 Å². The maximum absolute atomic E-state index is 11.3. The molecule has 1 aromatic carbocycles. The lowest BCUT2D eigenvalue weighted by Gasteiger charge is -2.07. The van der Waals surface area contributed by atoms with Crippen molar-refractivity contribution in [1.29, 1.82) is 0 Å². The summed E-state index contributed by atoms with van der Waals surface area (Å²) < 4.78 is 6.64. The van der Waals surface area contributed by atoms with Gasteiger partial charge in [-0.15, -0.1) is 12.4 Å². The number of rotatable bonds is 10. The number of amides is 1. The Kier molecular flexibility index (Phi) is 13.0. The molecule has 1 aromatic rings. The first-order valence-electron chi connectivity index (χ1n) is 6.60. The number of halogens is 2. The molecule has 0 saturated heterocycles. The van der Waals surface area contributed by atoms with Crippen molar-refractivity contribution in [2.24, 2.45) is 0 Å². The third kappa shape index (κ3) is 10.9. The standard InChI is InChI=1S/C14H21BrN2O2S.ClH/c1-16-6-5-14(18)17-7-9-20-10-8-19-13-4-2-3-12(15)11-13;/h2-4,11,16H,5-10H2,1H3,(H,17,18);1H. The van der Waals surface area contributed by atoms with Crippen LogP contribution in [0.2, 0.25) is 0 Å². The minimum Gasteiger partial charge on any atom is -0.493 e. The molecule has 0 saturated carbocycles. The highest BCUT2D eigenvalue weighted by atomic mass is 79.9. The lowest BCUT2D eigenvalue weighted by Crippen LogP contribution is -2.28. The second-order valence-electron chi connectivity index (χ2n) is 4.12. The first kappa shape index (κ1) is 20.6. The number of hydrogen-bond donors (Lipinski definition) is 2. The summed E-state index contributed by atoms with van der Waals surface area (Å²) in [5.74, 6) is 2.80. The summed E-state index contributed by atoms with van der Waals surface area (Å²) in [5, 5.41) is 5.84. The average molecular weight is 398 g/mol. The minimum absolute atomic E-state index is 0. The Morgan fingerprint density at radius 1 is 1.33 bits per heavy atom. The number of benzene rings is 1. The summed E-state index contributed by atoms with van der Waals surface area (Å²) in [5.41, 5.74) is 0. The highest BCUT2D eigenvalue weighted by molar-refractivity contribution is 9.10. The molecule has 21 heavy (non-hydrogen) atoms. The molecule has 0 spiro atoms. The number of thioether (sulfide) groups is 1. The normalized spacial score (nSPS) is 9.81. The molecular weight excluding hydrogens is 376 g/mol. The summed E-state index contributed by atoms with van der Waals surface area (Å²) in [6.45, 7) is 2.11. The van der Waals surface area contributed by atoms with E-state index in [0.29, 0.717) is 19.6 Å². The van der Waals surface area contributed by atoms with Gasteiger partial charge in [0.25, 0.3) is 0 Å². The van der Waals surface area contributed by atoms with Crippen molar-refractivity contribution in [3.05, 3.63) is 28.7 Å². The van der Waals surface area contributed by atoms with Crippen molar-refractivity contribution in [3.8, 4) is 5.75 Å². The molecule has 0 aromatic heterocycles. The zero-order valence-electron chi connectivity index (χ0n) is 12.1. The van der Waals surface area contributed by atoms with Crippen LogP contribution in [0.3, 0.4) is 0 Å². The summed E-state index contributed by atoms with van der Waals surface area (Å²) in [7, 11) is 1.84. The summed E-state index contributed by atoms with van der Waals surface area (Å²) in [6, 6.07) is 7.82. The average Bonchev–Trinajstić information content (AvgIpc) is 2.44. The van der Waals surface area contributed by atoms with Crippen molar-refractivity contribution in [2.45, 2.75) is 6.42 Å². The van der Waals surface area contributed by atoms with E-state index in [2.05, 4.69) is 26.6 Å². The minimum atomic E-state index is 0. The zero-order chi connectivity index (χ0) is 14.6. The van der Waals surface area contributed by atoms with E-state index >= 15 is 0 Å². The summed E-state index contributed by atoms with van der Waals surface area (Å²) in [6.07, 6.45) is 0.535. The van der Waals surface area contributed by atoms with Crippen LogP contribution in [0.25, 0.3) is 0 Å². The SMILES string of the molecule is CNCCC(=O)NCCSCCOc1cccc(Br)c1.Cl. The first-order chi connectivity index (χ1) is 9.72. The van der Waals surface area contributed by atoms with Gasteiger partial charge in [0.1, 0.15) is 5.75 Å². The molecule has 2 N–H and O–H groups in total. The van der Waals surface area contributed by atoms with Gasteiger partial charge in [0.2, 0.25) is 5.91 Å². The van der Waals surface area contributed by atoms with Crippen LogP contribution in [0, 0.1) is 0 Å². The largest absolute Gasteiger partial charge is 0.493 e. The van der Waals surface area contributed by atoms with Crippen molar-refractivity contribution in [2.75, 3.05) is 38.2 Å². The van der Waals surface area contributed by atoms with Crippen molar-refractivity contribution >= 4 is 46.0 Å². The van der Waals surface area contributed by atoms with E-state index in [1.54, 1.807) is 11.8 Å². The molecule has 0 aliphatic carbocycles. The molecule has 0 bridgehead atoms. The lowest BCUT2D eigenvalue weighted by molar-refractivity contribution is -0.120. The van der Waals surface area contributed by atoms with Crippen LogP contribution in [-0.4, -0.2) is 44.2 Å². The molecule has 1 rings (SSSR count). The van der Waals surface area contributed by atoms with E-state index in [1.807, 2.05) is 31.3 Å². The van der Waals surface area contributed by atoms with Gasteiger partial charge in [0.05, 0.1) is 6.61 Å². The maximum Gasteiger partial charge on any atom is 0.221 e. The number of ether oxygens (including phenoxy) is 1. The van der Waals surface area contributed by atoms with Crippen LogP contribution in [-0.2, 0) is 4.79 Å². The van der Waals surface area contributed by atoms with Crippen molar-refractivity contribution in [3.63, 3.8) is 0 Å². The summed E-state index contributed by atoms with van der Waals surface area (Å²) >= 11 is 5.18. The Hall–Kier alpha value is -0.430. The molecule has 4 nitrogen and oxygen atoms in total. The molecule has 0 aliphatic heterocycles. The van der Waals surface area contributed by atoms with Gasteiger partial charge in [-0.3, -0.25) is 4.79 Å². The van der Waals surface area contributed by atoms with E-state index in [1.165, 1.54) is 0 Å². The van der Waals surface area contributed by atoms with E-state index in [4.69, 9.17) is 4.74 Å². The van der Waals surface area contributed by atoms with Crippen molar-refractivity contribution in [1.82, 2.24) is 10.6 Å². The van der Waals surface area contributed by atoms with Gasteiger partial charge in [-0.1, -0.05) is 22.0 Å². The maximum atomic E-state index is 11.3. The fourth-order valence-electron chi connectivity index (χ4n) is 1.47. The van der Waals surface area contributed by atoms with Gasteiger partial charge in [0.15, 0.2) is 0 Å². The fraction of sp³-hybridized carbons (Fsp3) is 0.500. The molecule has 0 radical (unpaired) electrons. The lowest BCUT2D eigenvalue weighted by atomic mass is 10.3. The van der Waals surface area contributed by atoms with Gasteiger partial charge >= 0.3 is 0 Å². The van der Waals surface area contributed by atoms with Gasteiger partial charge in [0, 0.05) is 35.5 Å². The zero-order valence-corrected chi connectivity index (χ0v) is 15.3. The van der Waals surface area contributed by atoms with Crippen LogP contribution in [0.1, 0.15) is 6.42 Å². The fourth-order valence-corrected chi connectivity index (χ4v) is 2.50. The monoisotopic (exact) mass is 396 g/mol. The second-order valence-corrected chi connectivity index (χ2v) is 6.26. The van der Waals surface area contributed by atoms with Crippen LogP contribution in [0.5, 0.6) is 5.75 Å². The smallest absolute Gasteiger partial charge is 0.221 e. The molecule has 0 unspecified atom stereocenters. The molecule has 0 fully saturated rings. The van der Waals surface area contributed by atoms with Crippen LogP contribution in [0.15, 0.2) is 28.7 Å². The Morgan fingerprint density at radius 2 is 2.14 bits per heavy atom. The molecule has 1 amide bonds. The topological polar surface area (TPSA) is 50.4 Å². The molecule has 0 heterocycles. The van der Waals surface area contributed by atoms with Crippen LogP contribution >= 0.6 is 40.1 Å². The number of nitrogens with one attached hydrogen (secondary N) is 2. The highest BCUT2D eigenvalue weighted by Crippen LogP contribution is 2.17. The molecule has 0 atom stereocenters. The number of carbonyl (C=O) groups is 1. The Morgan fingerprint density at radius 3 is 2.86 bits per heavy atom. The van der Waals surface area contributed by atoms with E-state index in [9.17, 15) is 4.79 Å². The Balaban J connectivity index is 0.00000400. The Labute approximate surface area is 145 Å². The summed E-state index contributed by atoms with van der Waals surface area (Å²) in [4.78, 5) is 11.3. The quantitative estimate of drug-likeness (QED) is 0.596. The van der Waals surface area contributed by atoms with E-state index in [-0.39, 0.29) is 18.3 Å². The van der Waals surface area contributed by atoms with Gasteiger partial charge in [-0.2, -0.15) is 11.8 Å². The number of hydrogen-bond acceptors (Lipinski definition) is 4. The Bertz CT molecular complexity index is 410. The van der Waals surface area contributed by atoms with Gasteiger partial charge < -0.3 is 15.4 Å². The second kappa shape index (κ2) is 13.2. The predicted octanol–water partition coefficient (Wildman–Crippen LogP) is 2.71. The molecule has 120 valence electrons.